The Morgan fingerprint density at radius 3 is 1.79 bits per heavy atom. The molecule has 0 aromatic heterocycles. The Morgan fingerprint density at radius 2 is 1.39 bits per heavy atom. The molecular formula is C18H17Cl2F5N2O. The number of halogens is 7. The molecule has 0 heterocycles. The van der Waals surface area contributed by atoms with Crippen molar-refractivity contribution in [3.8, 4) is 0 Å². The largest absolute Gasteiger partial charge is 0.471 e. The van der Waals surface area contributed by atoms with Gasteiger partial charge in [-0.25, -0.2) is 8.78 Å². The third-order valence-corrected chi connectivity index (χ3v) is 4.13. The Kier molecular flexibility index (Phi) is 8.66. The highest BCUT2D eigenvalue weighted by atomic mass is 35.5. The first-order chi connectivity index (χ1) is 12.8. The number of nitrogens with one attached hydrogen (secondary N) is 1. The number of nitrogens with two attached hydrogens (primary N) is 1. The average Bonchev–Trinajstić information content (AvgIpc) is 2.59. The van der Waals surface area contributed by atoms with Crippen molar-refractivity contribution < 1.29 is 26.7 Å². The minimum atomic E-state index is -4.96. The summed E-state index contributed by atoms with van der Waals surface area (Å²) in [5.41, 5.74) is 6.48. The summed E-state index contributed by atoms with van der Waals surface area (Å²) in [7, 11) is 0. The molecule has 3 nitrogen and oxygen atoms in total. The van der Waals surface area contributed by atoms with Crippen molar-refractivity contribution in [1.82, 2.24) is 5.32 Å². The molecule has 0 fully saturated rings. The Morgan fingerprint density at radius 1 is 0.964 bits per heavy atom. The molecule has 3 N–H and O–H groups in total. The van der Waals surface area contributed by atoms with Crippen LogP contribution < -0.4 is 11.1 Å². The van der Waals surface area contributed by atoms with E-state index in [1.807, 2.05) is 0 Å². The Labute approximate surface area is 168 Å². The molecule has 2 aromatic rings. The number of carbonyl (C=O) groups is 1. The zero-order chi connectivity index (χ0) is 21.6. The fraction of sp³-hybridized carbons (Fsp3) is 0.278. The van der Waals surface area contributed by atoms with E-state index in [0.717, 1.165) is 11.6 Å². The predicted molar refractivity (Wildman–Crippen MR) is 98.0 cm³/mol. The molecular weight excluding hydrogens is 426 g/mol. The normalized spacial score (nSPS) is 13.2. The fourth-order valence-electron chi connectivity index (χ4n) is 1.94. The summed E-state index contributed by atoms with van der Waals surface area (Å²) in [5.74, 6) is -3.24. The van der Waals surface area contributed by atoms with Gasteiger partial charge in [0.15, 0.2) is 0 Å². The Hall–Kier alpha value is -1.90. The van der Waals surface area contributed by atoms with Crippen LogP contribution in [0.5, 0.6) is 0 Å². The van der Waals surface area contributed by atoms with Crippen LogP contribution in [-0.4, -0.2) is 12.1 Å². The minimum absolute atomic E-state index is 0.134. The van der Waals surface area contributed by atoms with Gasteiger partial charge in [-0.2, -0.15) is 13.2 Å². The first kappa shape index (κ1) is 24.1. The second kappa shape index (κ2) is 10.0. The number of amides is 1. The van der Waals surface area contributed by atoms with Crippen molar-refractivity contribution >= 4 is 29.1 Å². The van der Waals surface area contributed by atoms with Crippen molar-refractivity contribution in [1.29, 1.82) is 0 Å². The molecule has 2 atom stereocenters. The summed E-state index contributed by atoms with van der Waals surface area (Å²) in [5, 5.41) is 1.71. The second-order valence-corrected chi connectivity index (χ2v) is 6.64. The van der Waals surface area contributed by atoms with Crippen LogP contribution in [0.1, 0.15) is 37.1 Å². The second-order valence-electron chi connectivity index (χ2n) is 5.83. The van der Waals surface area contributed by atoms with E-state index >= 15 is 0 Å². The van der Waals surface area contributed by atoms with Crippen molar-refractivity contribution in [2.24, 2.45) is 5.73 Å². The highest BCUT2D eigenvalue weighted by Crippen LogP contribution is 2.22. The number of hydrogen-bond donors (Lipinski definition) is 2. The summed E-state index contributed by atoms with van der Waals surface area (Å²) in [6, 6.07) is 7.00. The number of carbonyl (C=O) groups excluding carboxylic acids is 1. The lowest BCUT2D eigenvalue weighted by Crippen LogP contribution is -2.38. The highest BCUT2D eigenvalue weighted by molar-refractivity contribution is 6.31. The molecule has 0 aliphatic rings. The zero-order valence-corrected chi connectivity index (χ0v) is 16.3. The lowest BCUT2D eigenvalue weighted by atomic mass is 10.1. The van der Waals surface area contributed by atoms with E-state index in [2.05, 4.69) is 0 Å². The van der Waals surface area contributed by atoms with Crippen molar-refractivity contribution in [2.45, 2.75) is 32.1 Å². The van der Waals surface area contributed by atoms with E-state index in [4.69, 9.17) is 28.9 Å². The van der Waals surface area contributed by atoms with E-state index in [-0.39, 0.29) is 21.7 Å². The van der Waals surface area contributed by atoms with Gasteiger partial charge < -0.3 is 11.1 Å². The Bertz CT molecular complexity index is 828. The van der Waals surface area contributed by atoms with Crippen molar-refractivity contribution in [2.75, 3.05) is 0 Å². The van der Waals surface area contributed by atoms with Gasteiger partial charge >= 0.3 is 12.1 Å². The number of benzene rings is 2. The molecule has 2 aromatic carbocycles. The van der Waals surface area contributed by atoms with Crippen LogP contribution in [0.4, 0.5) is 22.0 Å². The van der Waals surface area contributed by atoms with Crippen LogP contribution in [0, 0.1) is 11.6 Å². The van der Waals surface area contributed by atoms with E-state index in [0.29, 0.717) is 0 Å². The SMILES string of the molecule is CC(N)c1ccc(Cl)c(F)c1.CC(NC(=O)C(F)(F)F)c1ccc(Cl)c(F)c1. The molecule has 2 rings (SSSR count). The molecule has 0 saturated carbocycles. The summed E-state index contributed by atoms with van der Waals surface area (Å²) in [6.07, 6.45) is -4.96. The maximum atomic E-state index is 13.0. The molecule has 0 bridgehead atoms. The number of alkyl halides is 3. The van der Waals surface area contributed by atoms with Crippen LogP contribution in [0.2, 0.25) is 10.0 Å². The van der Waals surface area contributed by atoms with Gasteiger partial charge in [0.05, 0.1) is 16.1 Å². The quantitative estimate of drug-likeness (QED) is 0.597. The smallest absolute Gasteiger partial charge is 0.342 e. The molecule has 0 radical (unpaired) electrons. The van der Waals surface area contributed by atoms with E-state index in [1.54, 1.807) is 18.3 Å². The number of hydrogen-bond acceptors (Lipinski definition) is 2. The van der Waals surface area contributed by atoms with Gasteiger partial charge in [0, 0.05) is 6.04 Å². The molecule has 1 amide bonds. The van der Waals surface area contributed by atoms with Gasteiger partial charge in [-0.3, -0.25) is 4.79 Å². The maximum absolute atomic E-state index is 13.0. The molecule has 0 saturated heterocycles. The van der Waals surface area contributed by atoms with Gasteiger partial charge in [-0.05, 0) is 49.2 Å². The molecule has 154 valence electrons. The number of rotatable bonds is 3. The molecule has 28 heavy (non-hydrogen) atoms. The lowest BCUT2D eigenvalue weighted by Gasteiger charge is -2.15. The van der Waals surface area contributed by atoms with Gasteiger partial charge in [0.25, 0.3) is 0 Å². The summed E-state index contributed by atoms with van der Waals surface area (Å²) >= 11 is 10.9. The van der Waals surface area contributed by atoms with E-state index in [9.17, 15) is 26.7 Å². The van der Waals surface area contributed by atoms with E-state index < -0.39 is 29.8 Å². The van der Waals surface area contributed by atoms with Crippen molar-refractivity contribution in [3.63, 3.8) is 0 Å². The third-order valence-electron chi connectivity index (χ3n) is 3.52. The first-order valence-corrected chi connectivity index (χ1v) is 8.61. The zero-order valence-electron chi connectivity index (χ0n) is 14.8. The topological polar surface area (TPSA) is 55.1 Å². The van der Waals surface area contributed by atoms with Crippen LogP contribution in [0.15, 0.2) is 36.4 Å². The van der Waals surface area contributed by atoms with Crippen molar-refractivity contribution in [3.05, 3.63) is 69.2 Å². The molecule has 0 aliphatic heterocycles. The van der Waals surface area contributed by atoms with Gasteiger partial charge in [-0.1, -0.05) is 35.3 Å². The van der Waals surface area contributed by atoms with Gasteiger partial charge in [0.1, 0.15) is 11.6 Å². The fourth-order valence-corrected chi connectivity index (χ4v) is 2.17. The Balaban J connectivity index is 0.000000307. The molecule has 10 heteroatoms. The third kappa shape index (κ3) is 7.26. The average molecular weight is 443 g/mol. The van der Waals surface area contributed by atoms with Crippen LogP contribution in [-0.2, 0) is 4.79 Å². The van der Waals surface area contributed by atoms with Gasteiger partial charge in [0.2, 0.25) is 0 Å². The standard InChI is InChI=1S/C10H8ClF4NO.C8H9ClFN/c1-5(16-9(17)10(13,14)15)6-2-3-7(11)8(12)4-6;1-5(11)6-2-3-7(9)8(10)4-6/h2-5H,1H3,(H,16,17);2-5H,11H2,1H3. The first-order valence-electron chi connectivity index (χ1n) is 7.86. The summed E-state index contributed by atoms with van der Waals surface area (Å²) < 4.78 is 61.7. The summed E-state index contributed by atoms with van der Waals surface area (Å²) in [4.78, 5) is 10.6. The maximum Gasteiger partial charge on any atom is 0.471 e. The highest BCUT2D eigenvalue weighted by Gasteiger charge is 2.39. The van der Waals surface area contributed by atoms with Crippen LogP contribution in [0.3, 0.4) is 0 Å². The van der Waals surface area contributed by atoms with E-state index in [1.165, 1.54) is 31.2 Å². The lowest BCUT2D eigenvalue weighted by molar-refractivity contribution is -0.174. The molecule has 0 aliphatic carbocycles. The van der Waals surface area contributed by atoms with Gasteiger partial charge in [-0.15, -0.1) is 0 Å². The predicted octanol–water partition coefficient (Wildman–Crippen LogP) is 5.72. The summed E-state index contributed by atoms with van der Waals surface area (Å²) in [6.45, 7) is 3.11. The van der Waals surface area contributed by atoms with Crippen LogP contribution >= 0.6 is 23.2 Å². The molecule has 2 unspecified atom stereocenters. The van der Waals surface area contributed by atoms with Crippen LogP contribution in [0.25, 0.3) is 0 Å². The molecule has 0 spiro atoms. The monoisotopic (exact) mass is 442 g/mol. The minimum Gasteiger partial charge on any atom is -0.342 e.